The lowest BCUT2D eigenvalue weighted by Crippen LogP contribution is -2.66. The number of hydrogen-bond acceptors (Lipinski definition) is 3. The average molecular weight is 226 g/mol. The highest BCUT2D eigenvalue weighted by Crippen LogP contribution is 2.33. The summed E-state index contributed by atoms with van der Waals surface area (Å²) in [6, 6.07) is 0. The predicted molar refractivity (Wildman–Crippen MR) is 62.0 cm³/mol. The van der Waals surface area contributed by atoms with Crippen LogP contribution < -0.4 is 5.32 Å². The average Bonchev–Trinajstić information content (AvgIpc) is 2.25. The van der Waals surface area contributed by atoms with E-state index >= 15 is 0 Å². The minimum atomic E-state index is -0.617. The van der Waals surface area contributed by atoms with Crippen LogP contribution in [0.3, 0.4) is 0 Å². The molecule has 92 valence electrons. The van der Waals surface area contributed by atoms with E-state index in [9.17, 15) is 9.90 Å². The molecular weight excluding hydrogens is 204 g/mol. The molecule has 16 heavy (non-hydrogen) atoms. The molecule has 4 heteroatoms. The number of carbonyl (C=O) groups excluding carboxylic acids is 1. The van der Waals surface area contributed by atoms with Gasteiger partial charge in [-0.3, -0.25) is 4.79 Å². The van der Waals surface area contributed by atoms with E-state index in [0.29, 0.717) is 13.1 Å². The summed E-state index contributed by atoms with van der Waals surface area (Å²) >= 11 is 0. The maximum Gasteiger partial charge on any atom is 0.229 e. The van der Waals surface area contributed by atoms with Crippen molar-refractivity contribution in [3.8, 4) is 0 Å². The van der Waals surface area contributed by atoms with Crippen LogP contribution >= 0.6 is 0 Å². The van der Waals surface area contributed by atoms with Gasteiger partial charge in [-0.25, -0.2) is 0 Å². The Morgan fingerprint density at radius 1 is 1.50 bits per heavy atom. The first kappa shape index (κ1) is 11.9. The van der Waals surface area contributed by atoms with Gasteiger partial charge in [-0.15, -0.1) is 0 Å². The summed E-state index contributed by atoms with van der Waals surface area (Å²) in [4.78, 5) is 14.1. The molecule has 2 N–H and O–H groups in total. The van der Waals surface area contributed by atoms with E-state index < -0.39 is 5.60 Å². The lowest BCUT2D eigenvalue weighted by Gasteiger charge is -2.49. The van der Waals surface area contributed by atoms with Crippen LogP contribution in [0.4, 0.5) is 0 Å². The number of aliphatic hydroxyl groups is 1. The van der Waals surface area contributed by atoms with Crippen molar-refractivity contribution in [3.05, 3.63) is 0 Å². The second kappa shape index (κ2) is 4.00. The van der Waals surface area contributed by atoms with Crippen LogP contribution in [0.5, 0.6) is 0 Å². The third-order valence-electron chi connectivity index (χ3n) is 4.03. The van der Waals surface area contributed by atoms with Gasteiger partial charge in [-0.1, -0.05) is 6.92 Å². The molecule has 1 atom stereocenters. The Hall–Kier alpha value is -0.610. The van der Waals surface area contributed by atoms with E-state index in [0.717, 1.165) is 32.4 Å². The summed E-state index contributed by atoms with van der Waals surface area (Å²) in [5.74, 6) is 0.206. The number of carbonyl (C=O) groups is 1. The van der Waals surface area contributed by atoms with Crippen LogP contribution in [0, 0.1) is 5.41 Å². The van der Waals surface area contributed by atoms with Gasteiger partial charge in [0, 0.05) is 6.54 Å². The van der Waals surface area contributed by atoms with Crippen LogP contribution in [-0.4, -0.2) is 47.7 Å². The second-order valence-electron chi connectivity index (χ2n) is 5.58. The normalized spacial score (nSPS) is 33.3. The fourth-order valence-electron chi connectivity index (χ4n) is 2.65. The number of hydrogen-bond donors (Lipinski definition) is 2. The maximum atomic E-state index is 12.3. The molecular formula is C12H22N2O2. The van der Waals surface area contributed by atoms with E-state index in [1.165, 1.54) is 0 Å². The van der Waals surface area contributed by atoms with Gasteiger partial charge < -0.3 is 15.3 Å². The Morgan fingerprint density at radius 3 is 2.69 bits per heavy atom. The maximum absolute atomic E-state index is 12.3. The van der Waals surface area contributed by atoms with Crippen molar-refractivity contribution in [2.75, 3.05) is 26.2 Å². The topological polar surface area (TPSA) is 52.6 Å². The highest BCUT2D eigenvalue weighted by Gasteiger charge is 2.47. The molecule has 0 aromatic carbocycles. The van der Waals surface area contributed by atoms with Gasteiger partial charge in [0.25, 0.3) is 0 Å². The highest BCUT2D eigenvalue weighted by atomic mass is 16.3. The first-order valence-corrected chi connectivity index (χ1v) is 6.22. The van der Waals surface area contributed by atoms with E-state index in [2.05, 4.69) is 5.32 Å². The summed E-state index contributed by atoms with van der Waals surface area (Å²) in [6.07, 6.45) is 2.75. The van der Waals surface area contributed by atoms with Crippen molar-refractivity contribution in [2.45, 2.75) is 38.7 Å². The van der Waals surface area contributed by atoms with Crippen molar-refractivity contribution in [3.63, 3.8) is 0 Å². The zero-order valence-corrected chi connectivity index (χ0v) is 10.3. The molecule has 0 spiro atoms. The Morgan fingerprint density at radius 2 is 2.19 bits per heavy atom. The van der Waals surface area contributed by atoms with Crippen LogP contribution in [0.1, 0.15) is 33.1 Å². The number of amides is 1. The molecule has 2 aliphatic heterocycles. The molecule has 0 aliphatic carbocycles. The van der Waals surface area contributed by atoms with Crippen molar-refractivity contribution >= 4 is 5.91 Å². The minimum Gasteiger partial charge on any atom is -0.386 e. The van der Waals surface area contributed by atoms with Gasteiger partial charge in [-0.2, -0.15) is 0 Å². The summed E-state index contributed by atoms with van der Waals surface area (Å²) in [7, 11) is 0. The zero-order valence-electron chi connectivity index (χ0n) is 10.3. The summed E-state index contributed by atoms with van der Waals surface area (Å²) < 4.78 is 0. The molecule has 1 unspecified atom stereocenters. The van der Waals surface area contributed by atoms with Gasteiger partial charge in [0.2, 0.25) is 5.91 Å². The largest absolute Gasteiger partial charge is 0.386 e. The Kier molecular flexibility index (Phi) is 2.97. The Labute approximate surface area is 97.0 Å². The first-order chi connectivity index (χ1) is 7.49. The lowest BCUT2D eigenvalue weighted by molar-refractivity contribution is -0.166. The van der Waals surface area contributed by atoms with Gasteiger partial charge in [0.15, 0.2) is 0 Å². The van der Waals surface area contributed by atoms with E-state index in [4.69, 9.17) is 0 Å². The zero-order chi connectivity index (χ0) is 11.8. The van der Waals surface area contributed by atoms with Crippen molar-refractivity contribution in [2.24, 2.45) is 5.41 Å². The fourth-order valence-corrected chi connectivity index (χ4v) is 2.65. The molecule has 0 bridgehead atoms. The molecule has 2 aliphatic rings. The molecule has 2 fully saturated rings. The summed E-state index contributed by atoms with van der Waals surface area (Å²) in [5.41, 5.74) is -0.874. The van der Waals surface area contributed by atoms with Crippen molar-refractivity contribution < 1.29 is 9.90 Å². The van der Waals surface area contributed by atoms with Crippen LogP contribution in [0.15, 0.2) is 0 Å². The summed E-state index contributed by atoms with van der Waals surface area (Å²) in [5, 5.41) is 13.2. The first-order valence-electron chi connectivity index (χ1n) is 6.22. The quantitative estimate of drug-likeness (QED) is 0.715. The van der Waals surface area contributed by atoms with Crippen molar-refractivity contribution in [1.82, 2.24) is 10.2 Å². The van der Waals surface area contributed by atoms with Gasteiger partial charge in [0.05, 0.1) is 24.1 Å². The second-order valence-corrected chi connectivity index (χ2v) is 5.58. The molecule has 0 saturated carbocycles. The lowest BCUT2D eigenvalue weighted by atomic mass is 9.79. The fraction of sp³-hybridized carbons (Fsp3) is 0.917. The summed E-state index contributed by atoms with van der Waals surface area (Å²) in [6.45, 7) is 6.81. The molecule has 4 nitrogen and oxygen atoms in total. The van der Waals surface area contributed by atoms with Crippen molar-refractivity contribution in [1.29, 1.82) is 0 Å². The van der Waals surface area contributed by atoms with Gasteiger partial charge >= 0.3 is 0 Å². The SMILES string of the molecule is CCC1(O)CN(C(=O)C2(C)CCCNC2)C1. The van der Waals surface area contributed by atoms with Crippen LogP contribution in [-0.2, 0) is 4.79 Å². The van der Waals surface area contributed by atoms with Gasteiger partial charge in [-0.05, 0) is 32.7 Å². The molecule has 2 saturated heterocycles. The number of β-amino-alcohol motifs (C(OH)–C–C–N with tert-alkyl or cyclic N) is 1. The number of piperidine rings is 1. The van der Waals surface area contributed by atoms with Crippen LogP contribution in [0.2, 0.25) is 0 Å². The smallest absolute Gasteiger partial charge is 0.229 e. The predicted octanol–water partition coefficient (Wildman–Crippen LogP) is 0.359. The monoisotopic (exact) mass is 226 g/mol. The number of likely N-dealkylation sites (tertiary alicyclic amines) is 1. The molecule has 2 rings (SSSR count). The van der Waals surface area contributed by atoms with E-state index in [1.54, 1.807) is 4.90 Å². The molecule has 0 aromatic rings. The molecule has 2 heterocycles. The Balaban J connectivity index is 1.94. The third-order valence-corrected chi connectivity index (χ3v) is 4.03. The molecule has 0 aromatic heterocycles. The molecule has 0 radical (unpaired) electrons. The van der Waals surface area contributed by atoms with Crippen LogP contribution in [0.25, 0.3) is 0 Å². The molecule has 1 amide bonds. The number of rotatable bonds is 2. The standard InChI is InChI=1S/C12H22N2O2/c1-3-12(16)8-14(9-12)10(15)11(2)5-4-6-13-7-11/h13,16H,3-9H2,1-2H3. The van der Waals surface area contributed by atoms with Gasteiger partial charge in [0.1, 0.15) is 0 Å². The number of nitrogens with zero attached hydrogens (tertiary/aromatic N) is 1. The Bertz CT molecular complexity index is 279. The van der Waals surface area contributed by atoms with E-state index in [1.807, 2.05) is 13.8 Å². The minimum absolute atomic E-state index is 0.206. The highest BCUT2D eigenvalue weighted by molar-refractivity contribution is 5.83. The van der Waals surface area contributed by atoms with E-state index in [-0.39, 0.29) is 11.3 Å². The third kappa shape index (κ3) is 1.96. The number of nitrogens with one attached hydrogen (secondary N) is 1.